The molecule has 0 fully saturated rings. The fraction of sp³-hybridized carbons (Fsp3) is 0.400. The molecular formula is C15H21N3O2. The Labute approximate surface area is 119 Å². The van der Waals surface area contributed by atoms with E-state index >= 15 is 0 Å². The van der Waals surface area contributed by atoms with Crippen molar-refractivity contribution in [2.24, 2.45) is 0 Å². The van der Waals surface area contributed by atoms with E-state index in [0.717, 1.165) is 11.4 Å². The number of anilines is 1. The molecular weight excluding hydrogens is 254 g/mol. The number of hydrogen-bond acceptors (Lipinski definition) is 4. The molecule has 0 radical (unpaired) electrons. The summed E-state index contributed by atoms with van der Waals surface area (Å²) in [5, 5.41) is 4.39. The van der Waals surface area contributed by atoms with E-state index in [1.807, 2.05) is 52.0 Å². The van der Waals surface area contributed by atoms with E-state index in [1.165, 1.54) is 0 Å². The van der Waals surface area contributed by atoms with Crippen LogP contribution in [0.25, 0.3) is 0 Å². The molecule has 0 bridgehead atoms. The Morgan fingerprint density at radius 2 is 1.80 bits per heavy atom. The van der Waals surface area contributed by atoms with Crippen molar-refractivity contribution in [3.05, 3.63) is 30.0 Å². The van der Waals surface area contributed by atoms with Gasteiger partial charge in [0.15, 0.2) is 0 Å². The highest BCUT2D eigenvalue weighted by Gasteiger charge is 2.16. The largest absolute Gasteiger partial charge is 0.494 e. The normalized spacial score (nSPS) is 10.8. The van der Waals surface area contributed by atoms with Gasteiger partial charge >= 0.3 is 0 Å². The molecule has 0 atom stereocenters. The van der Waals surface area contributed by atoms with Crippen LogP contribution in [0.1, 0.15) is 32.5 Å². The zero-order chi connectivity index (χ0) is 14.7. The Morgan fingerprint density at radius 1 is 1.20 bits per heavy atom. The quantitative estimate of drug-likeness (QED) is 0.906. The van der Waals surface area contributed by atoms with Gasteiger partial charge in [-0.05, 0) is 52.0 Å². The van der Waals surface area contributed by atoms with Gasteiger partial charge in [0.25, 0.3) is 0 Å². The Kier molecular flexibility index (Phi) is 4.17. The zero-order valence-electron chi connectivity index (χ0n) is 12.4. The van der Waals surface area contributed by atoms with Crippen LogP contribution < -0.4 is 15.2 Å². The minimum Gasteiger partial charge on any atom is -0.494 e. The molecule has 2 aromatic rings. The van der Waals surface area contributed by atoms with Gasteiger partial charge < -0.3 is 15.2 Å². The highest BCUT2D eigenvalue weighted by molar-refractivity contribution is 5.54. The second-order valence-electron chi connectivity index (χ2n) is 4.85. The zero-order valence-corrected chi connectivity index (χ0v) is 12.4. The SMILES string of the molecule is CCOc1ccc(Oc2c(N)c(C)nn2C(C)C)cc1. The van der Waals surface area contributed by atoms with Crippen molar-refractivity contribution in [2.45, 2.75) is 33.7 Å². The van der Waals surface area contributed by atoms with Crippen molar-refractivity contribution in [3.63, 3.8) is 0 Å². The van der Waals surface area contributed by atoms with Crippen LogP contribution >= 0.6 is 0 Å². The van der Waals surface area contributed by atoms with Gasteiger partial charge in [0.1, 0.15) is 17.2 Å². The molecule has 0 aliphatic heterocycles. The standard InChI is InChI=1S/C15H21N3O2/c1-5-19-12-6-8-13(9-7-12)20-15-14(16)11(4)17-18(15)10(2)3/h6-10H,5,16H2,1-4H3. The molecule has 1 aromatic heterocycles. The summed E-state index contributed by atoms with van der Waals surface area (Å²) in [5.74, 6) is 2.12. The van der Waals surface area contributed by atoms with Crippen LogP contribution in [-0.4, -0.2) is 16.4 Å². The van der Waals surface area contributed by atoms with Crippen LogP contribution in [0, 0.1) is 6.92 Å². The smallest absolute Gasteiger partial charge is 0.241 e. The molecule has 0 aliphatic rings. The highest BCUT2D eigenvalue weighted by atomic mass is 16.5. The van der Waals surface area contributed by atoms with Gasteiger partial charge in [-0.1, -0.05) is 0 Å². The van der Waals surface area contributed by atoms with Crippen LogP contribution in [0.15, 0.2) is 24.3 Å². The molecule has 5 heteroatoms. The lowest BCUT2D eigenvalue weighted by Gasteiger charge is -2.12. The lowest BCUT2D eigenvalue weighted by molar-refractivity contribution is 0.339. The van der Waals surface area contributed by atoms with Gasteiger partial charge in [0.05, 0.1) is 18.3 Å². The van der Waals surface area contributed by atoms with Crippen molar-refractivity contribution in [1.29, 1.82) is 0 Å². The Bertz CT molecular complexity index is 574. The predicted octanol–water partition coefficient (Wildman–Crippen LogP) is 3.55. The van der Waals surface area contributed by atoms with Crippen LogP contribution in [0.5, 0.6) is 17.4 Å². The minimum atomic E-state index is 0.184. The van der Waals surface area contributed by atoms with Crippen LogP contribution in [0.3, 0.4) is 0 Å². The maximum absolute atomic E-state index is 6.03. The lowest BCUT2D eigenvalue weighted by atomic mass is 10.3. The maximum atomic E-state index is 6.03. The fourth-order valence-electron chi connectivity index (χ4n) is 1.87. The van der Waals surface area contributed by atoms with Crippen molar-refractivity contribution in [1.82, 2.24) is 9.78 Å². The van der Waals surface area contributed by atoms with Gasteiger partial charge in [-0.15, -0.1) is 0 Å². The number of hydrogen-bond donors (Lipinski definition) is 1. The number of ether oxygens (including phenoxy) is 2. The summed E-state index contributed by atoms with van der Waals surface area (Å²) >= 11 is 0. The van der Waals surface area contributed by atoms with Crippen LogP contribution in [-0.2, 0) is 0 Å². The third-order valence-corrected chi connectivity index (χ3v) is 2.92. The van der Waals surface area contributed by atoms with Gasteiger partial charge in [-0.3, -0.25) is 0 Å². The fourth-order valence-corrected chi connectivity index (χ4v) is 1.87. The first-order chi connectivity index (χ1) is 9.52. The second-order valence-corrected chi connectivity index (χ2v) is 4.85. The molecule has 0 saturated heterocycles. The maximum Gasteiger partial charge on any atom is 0.241 e. The van der Waals surface area contributed by atoms with Gasteiger partial charge in [0, 0.05) is 0 Å². The van der Waals surface area contributed by atoms with Crippen LogP contribution in [0.4, 0.5) is 5.69 Å². The van der Waals surface area contributed by atoms with E-state index in [2.05, 4.69) is 5.10 Å². The average Bonchev–Trinajstić information content (AvgIpc) is 2.70. The lowest BCUT2D eigenvalue weighted by Crippen LogP contribution is -2.05. The van der Waals surface area contributed by atoms with Gasteiger partial charge in [-0.25, -0.2) is 4.68 Å². The van der Waals surface area contributed by atoms with Gasteiger partial charge in [0.2, 0.25) is 5.88 Å². The molecule has 0 amide bonds. The Hall–Kier alpha value is -2.17. The van der Waals surface area contributed by atoms with Crippen molar-refractivity contribution < 1.29 is 9.47 Å². The summed E-state index contributed by atoms with van der Waals surface area (Å²) in [6.45, 7) is 8.55. The minimum absolute atomic E-state index is 0.184. The summed E-state index contributed by atoms with van der Waals surface area (Å²) in [5.41, 5.74) is 7.39. The number of benzene rings is 1. The summed E-state index contributed by atoms with van der Waals surface area (Å²) in [7, 11) is 0. The predicted molar refractivity (Wildman–Crippen MR) is 79.4 cm³/mol. The molecule has 1 heterocycles. The molecule has 5 nitrogen and oxygen atoms in total. The molecule has 1 aromatic carbocycles. The van der Waals surface area contributed by atoms with Crippen molar-refractivity contribution in [2.75, 3.05) is 12.3 Å². The van der Waals surface area contributed by atoms with Gasteiger partial charge in [-0.2, -0.15) is 5.10 Å². The number of aryl methyl sites for hydroxylation is 1. The van der Waals surface area contributed by atoms with Crippen molar-refractivity contribution >= 4 is 5.69 Å². The highest BCUT2D eigenvalue weighted by Crippen LogP contribution is 2.32. The summed E-state index contributed by atoms with van der Waals surface area (Å²) in [6.07, 6.45) is 0. The number of aromatic nitrogens is 2. The molecule has 0 saturated carbocycles. The topological polar surface area (TPSA) is 62.3 Å². The van der Waals surface area contributed by atoms with Crippen molar-refractivity contribution in [3.8, 4) is 17.4 Å². The van der Waals surface area contributed by atoms with E-state index in [9.17, 15) is 0 Å². The first kappa shape index (κ1) is 14.2. The average molecular weight is 275 g/mol. The van der Waals surface area contributed by atoms with E-state index in [1.54, 1.807) is 4.68 Å². The molecule has 2 N–H and O–H groups in total. The van der Waals surface area contributed by atoms with E-state index < -0.39 is 0 Å². The number of rotatable bonds is 5. The summed E-state index contributed by atoms with van der Waals surface area (Å²) in [6, 6.07) is 7.65. The number of nitrogen functional groups attached to an aromatic ring is 1. The molecule has 0 aliphatic carbocycles. The number of nitrogens with two attached hydrogens (primary N) is 1. The summed E-state index contributed by atoms with van der Waals surface area (Å²) in [4.78, 5) is 0. The van der Waals surface area contributed by atoms with E-state index in [0.29, 0.717) is 23.9 Å². The van der Waals surface area contributed by atoms with E-state index in [-0.39, 0.29) is 6.04 Å². The molecule has 0 unspecified atom stereocenters. The second kappa shape index (κ2) is 5.86. The monoisotopic (exact) mass is 275 g/mol. The molecule has 0 spiro atoms. The third-order valence-electron chi connectivity index (χ3n) is 2.92. The molecule has 108 valence electrons. The summed E-state index contributed by atoms with van der Waals surface area (Å²) < 4.78 is 13.1. The molecule has 2 rings (SSSR count). The Balaban J connectivity index is 2.25. The van der Waals surface area contributed by atoms with Crippen LogP contribution in [0.2, 0.25) is 0 Å². The first-order valence-corrected chi connectivity index (χ1v) is 6.78. The van der Waals surface area contributed by atoms with E-state index in [4.69, 9.17) is 15.2 Å². The molecule has 20 heavy (non-hydrogen) atoms. The Morgan fingerprint density at radius 3 is 2.35 bits per heavy atom. The third kappa shape index (κ3) is 2.87. The number of nitrogens with zero attached hydrogens (tertiary/aromatic N) is 2. The first-order valence-electron chi connectivity index (χ1n) is 6.78.